The maximum absolute atomic E-state index is 13.0. The molecule has 5 rings (SSSR count). The predicted octanol–water partition coefficient (Wildman–Crippen LogP) is 5.07. The van der Waals surface area contributed by atoms with Gasteiger partial charge in [0.05, 0.1) is 17.5 Å². The first kappa shape index (κ1) is 19.9. The van der Waals surface area contributed by atoms with E-state index in [-0.39, 0.29) is 17.7 Å². The Labute approximate surface area is 186 Å². The molecule has 0 bridgehead atoms. The molecule has 2 aromatic carbocycles. The van der Waals surface area contributed by atoms with E-state index in [0.717, 1.165) is 48.2 Å². The quantitative estimate of drug-likeness (QED) is 0.420. The molecule has 1 aromatic heterocycles. The zero-order valence-corrected chi connectivity index (χ0v) is 18.1. The lowest BCUT2D eigenvalue weighted by atomic mass is 9.92. The molecular weight excluding hydrogens is 404 g/mol. The molecule has 1 atom stereocenters. The topological polar surface area (TPSA) is 58.5 Å². The molecule has 0 N–H and O–H groups in total. The minimum absolute atomic E-state index is 0.0183. The summed E-state index contributed by atoms with van der Waals surface area (Å²) in [6.45, 7) is 0. The molecular formula is C25H24N4OS. The summed E-state index contributed by atoms with van der Waals surface area (Å²) in [7, 11) is 0. The average molecular weight is 429 g/mol. The third-order valence-corrected chi connectivity index (χ3v) is 6.64. The number of aryl methyl sites for hydroxylation is 1. The molecule has 31 heavy (non-hydrogen) atoms. The van der Waals surface area contributed by atoms with E-state index >= 15 is 0 Å². The average Bonchev–Trinajstić information content (AvgIpc) is 3.33. The second-order valence-electron chi connectivity index (χ2n) is 7.84. The number of thioether (sulfide) groups is 1. The number of amides is 1. The summed E-state index contributed by atoms with van der Waals surface area (Å²) >= 11 is 1.41. The Morgan fingerprint density at radius 3 is 2.52 bits per heavy atom. The van der Waals surface area contributed by atoms with Crippen molar-refractivity contribution in [1.82, 2.24) is 15.0 Å². The highest BCUT2D eigenvalue weighted by molar-refractivity contribution is 7.99. The molecule has 0 saturated carbocycles. The largest absolute Gasteiger partial charge is 0.272 e. The summed E-state index contributed by atoms with van der Waals surface area (Å²) in [5.41, 5.74) is 5.64. The Bertz CT molecular complexity index is 1100. The monoisotopic (exact) mass is 428 g/mol. The molecule has 0 unspecified atom stereocenters. The minimum Gasteiger partial charge on any atom is -0.272 e. The van der Waals surface area contributed by atoms with Crippen LogP contribution in [-0.4, -0.2) is 32.9 Å². The fraction of sp³-hybridized carbons (Fsp3) is 0.280. The number of aromatic nitrogens is 2. The number of fused-ring (bicyclic) bond motifs is 1. The highest BCUT2D eigenvalue weighted by Gasteiger charge is 2.28. The number of hydrogen-bond donors (Lipinski definition) is 0. The molecule has 0 radical (unpaired) electrons. The van der Waals surface area contributed by atoms with Gasteiger partial charge in [-0.05, 0) is 31.2 Å². The van der Waals surface area contributed by atoms with E-state index in [2.05, 4.69) is 17.2 Å². The number of hydrogen-bond acceptors (Lipinski definition) is 5. The molecule has 156 valence electrons. The van der Waals surface area contributed by atoms with Crippen LogP contribution in [-0.2, 0) is 17.6 Å². The van der Waals surface area contributed by atoms with Crippen molar-refractivity contribution in [2.45, 2.75) is 43.3 Å². The van der Waals surface area contributed by atoms with Gasteiger partial charge in [0.2, 0.25) is 0 Å². The van der Waals surface area contributed by atoms with E-state index in [1.165, 1.54) is 23.7 Å². The maximum atomic E-state index is 13.0. The van der Waals surface area contributed by atoms with Gasteiger partial charge in [-0.15, -0.1) is 0 Å². The number of nitrogens with zero attached hydrogens (tertiary/aromatic N) is 4. The Kier molecular flexibility index (Phi) is 5.80. The third kappa shape index (κ3) is 4.26. The van der Waals surface area contributed by atoms with Gasteiger partial charge in [0.25, 0.3) is 5.91 Å². The SMILES string of the molecule is O=C(CSc1nc2c(c(-c3ccccc3)n1)CCCC2)N1N=CC[C@@H]1c1ccccc1. The number of carbonyl (C=O) groups is 1. The summed E-state index contributed by atoms with van der Waals surface area (Å²) in [5, 5.41) is 6.63. The van der Waals surface area contributed by atoms with Gasteiger partial charge in [-0.1, -0.05) is 72.4 Å². The van der Waals surface area contributed by atoms with Crippen molar-refractivity contribution >= 4 is 23.9 Å². The van der Waals surface area contributed by atoms with Crippen LogP contribution in [0.4, 0.5) is 0 Å². The summed E-state index contributed by atoms with van der Waals surface area (Å²) in [6.07, 6.45) is 6.89. The van der Waals surface area contributed by atoms with Crippen LogP contribution in [0.15, 0.2) is 70.9 Å². The van der Waals surface area contributed by atoms with Crippen molar-refractivity contribution in [1.29, 1.82) is 0 Å². The van der Waals surface area contributed by atoms with Crippen LogP contribution in [0.1, 0.15) is 42.1 Å². The second kappa shape index (κ2) is 9.02. The predicted molar refractivity (Wildman–Crippen MR) is 124 cm³/mol. The van der Waals surface area contributed by atoms with E-state index in [1.54, 1.807) is 5.01 Å². The van der Waals surface area contributed by atoms with E-state index in [9.17, 15) is 4.79 Å². The van der Waals surface area contributed by atoms with Crippen LogP contribution in [0.25, 0.3) is 11.3 Å². The summed E-state index contributed by atoms with van der Waals surface area (Å²) in [6, 6.07) is 20.3. The van der Waals surface area contributed by atoms with Crippen molar-refractivity contribution in [2.24, 2.45) is 5.10 Å². The third-order valence-electron chi connectivity index (χ3n) is 5.80. The molecule has 0 spiro atoms. The van der Waals surface area contributed by atoms with Gasteiger partial charge >= 0.3 is 0 Å². The normalized spacial score (nSPS) is 17.5. The Morgan fingerprint density at radius 2 is 1.71 bits per heavy atom. The van der Waals surface area contributed by atoms with Crippen molar-refractivity contribution in [3.05, 3.63) is 77.5 Å². The van der Waals surface area contributed by atoms with Gasteiger partial charge in [-0.2, -0.15) is 5.10 Å². The lowest BCUT2D eigenvalue weighted by Crippen LogP contribution is -2.28. The highest BCUT2D eigenvalue weighted by atomic mass is 32.2. The van der Waals surface area contributed by atoms with Gasteiger partial charge in [-0.25, -0.2) is 15.0 Å². The Hall–Kier alpha value is -2.99. The van der Waals surface area contributed by atoms with Crippen molar-refractivity contribution in [2.75, 3.05) is 5.75 Å². The van der Waals surface area contributed by atoms with Crippen LogP contribution in [0.5, 0.6) is 0 Å². The van der Waals surface area contributed by atoms with Crippen molar-refractivity contribution in [3.63, 3.8) is 0 Å². The standard InChI is InChI=1S/C25H24N4OS/c30-23(29-22(15-16-26-29)18-9-3-1-4-10-18)17-31-25-27-21-14-8-7-13-20(21)24(28-25)19-11-5-2-6-12-19/h1-6,9-12,16,22H,7-8,13-15,17H2/t22-/m1/s1. The van der Waals surface area contributed by atoms with Crippen LogP contribution in [0.2, 0.25) is 0 Å². The van der Waals surface area contributed by atoms with Crippen molar-refractivity contribution in [3.8, 4) is 11.3 Å². The Morgan fingerprint density at radius 1 is 0.968 bits per heavy atom. The summed E-state index contributed by atoms with van der Waals surface area (Å²) < 4.78 is 0. The summed E-state index contributed by atoms with van der Waals surface area (Å²) in [4.78, 5) is 22.7. The fourth-order valence-electron chi connectivity index (χ4n) is 4.27. The van der Waals surface area contributed by atoms with Gasteiger partial charge in [0, 0.05) is 29.5 Å². The minimum atomic E-state index is -0.0290. The molecule has 1 aliphatic carbocycles. The Balaban J connectivity index is 1.36. The molecule has 1 aliphatic heterocycles. The van der Waals surface area contributed by atoms with Crippen LogP contribution in [0.3, 0.4) is 0 Å². The van der Waals surface area contributed by atoms with Crippen LogP contribution < -0.4 is 0 Å². The first-order valence-corrected chi connectivity index (χ1v) is 11.8. The zero-order chi connectivity index (χ0) is 21.0. The smallest absolute Gasteiger partial charge is 0.253 e. The van der Waals surface area contributed by atoms with Gasteiger partial charge < -0.3 is 0 Å². The van der Waals surface area contributed by atoms with E-state index in [4.69, 9.17) is 9.97 Å². The number of carbonyl (C=O) groups excluding carboxylic acids is 1. The molecule has 5 nitrogen and oxygen atoms in total. The zero-order valence-electron chi connectivity index (χ0n) is 17.3. The van der Waals surface area contributed by atoms with Crippen molar-refractivity contribution < 1.29 is 4.79 Å². The fourth-order valence-corrected chi connectivity index (χ4v) is 4.98. The highest BCUT2D eigenvalue weighted by Crippen LogP contribution is 2.32. The molecule has 3 aromatic rings. The second-order valence-corrected chi connectivity index (χ2v) is 8.78. The number of benzene rings is 2. The molecule has 1 amide bonds. The molecule has 2 heterocycles. The maximum Gasteiger partial charge on any atom is 0.253 e. The van der Waals surface area contributed by atoms with Gasteiger partial charge in [0.1, 0.15) is 0 Å². The van der Waals surface area contributed by atoms with E-state index < -0.39 is 0 Å². The number of rotatable bonds is 5. The summed E-state index contributed by atoms with van der Waals surface area (Å²) in [5.74, 6) is 0.253. The first-order chi connectivity index (χ1) is 15.3. The molecule has 0 saturated heterocycles. The molecule has 6 heteroatoms. The van der Waals surface area contributed by atoms with Crippen LogP contribution >= 0.6 is 11.8 Å². The van der Waals surface area contributed by atoms with Crippen LogP contribution in [0, 0.1) is 0 Å². The lowest BCUT2D eigenvalue weighted by molar-refractivity contribution is -0.130. The lowest BCUT2D eigenvalue weighted by Gasteiger charge is -2.22. The first-order valence-electron chi connectivity index (χ1n) is 10.8. The number of hydrazone groups is 1. The molecule has 0 fully saturated rings. The van der Waals surface area contributed by atoms with E-state index in [0.29, 0.717) is 5.16 Å². The van der Waals surface area contributed by atoms with Gasteiger partial charge in [0.15, 0.2) is 5.16 Å². The van der Waals surface area contributed by atoms with E-state index in [1.807, 2.05) is 54.7 Å². The van der Waals surface area contributed by atoms with Gasteiger partial charge in [-0.3, -0.25) is 4.79 Å². The molecule has 2 aliphatic rings.